The first kappa shape index (κ1) is 12.1. The van der Waals surface area contributed by atoms with Crippen LogP contribution in [0.15, 0.2) is 36.8 Å². The summed E-state index contributed by atoms with van der Waals surface area (Å²) < 4.78 is 1.63. The van der Waals surface area contributed by atoms with Crippen LogP contribution in [0.25, 0.3) is 0 Å². The number of aromatic nitrogens is 3. The van der Waals surface area contributed by atoms with Crippen molar-refractivity contribution >= 4 is 11.8 Å². The highest BCUT2D eigenvalue weighted by atomic mass is 16.2. The van der Waals surface area contributed by atoms with Crippen molar-refractivity contribution in [3.63, 3.8) is 0 Å². The summed E-state index contributed by atoms with van der Waals surface area (Å²) in [4.78, 5) is 15.7. The molecule has 0 aromatic carbocycles. The van der Waals surface area contributed by atoms with E-state index in [0.717, 1.165) is 5.56 Å². The normalized spacial score (nSPS) is 11.9. The maximum Gasteiger partial charge on any atom is 0.320 e. The van der Waals surface area contributed by atoms with E-state index in [9.17, 15) is 4.79 Å². The van der Waals surface area contributed by atoms with Gasteiger partial charge in [0.25, 0.3) is 0 Å². The van der Waals surface area contributed by atoms with Crippen LogP contribution in [0.4, 0.5) is 10.6 Å². The van der Waals surface area contributed by atoms with E-state index in [1.165, 1.54) is 0 Å². The zero-order valence-corrected chi connectivity index (χ0v) is 10.3. The largest absolute Gasteiger partial charge is 0.331 e. The van der Waals surface area contributed by atoms with Gasteiger partial charge in [0, 0.05) is 31.7 Å². The summed E-state index contributed by atoms with van der Waals surface area (Å²) in [5.41, 5.74) is 1.00. The molecular weight excluding hydrogens is 230 g/mol. The van der Waals surface area contributed by atoms with E-state index in [1.54, 1.807) is 36.4 Å². The third-order valence-corrected chi connectivity index (χ3v) is 2.51. The van der Waals surface area contributed by atoms with Gasteiger partial charge in [0.15, 0.2) is 5.82 Å². The number of hydrogen-bond acceptors (Lipinski definition) is 3. The van der Waals surface area contributed by atoms with Crippen molar-refractivity contribution in [2.75, 3.05) is 5.32 Å². The van der Waals surface area contributed by atoms with Crippen molar-refractivity contribution in [1.82, 2.24) is 20.1 Å². The average Bonchev–Trinajstić information content (AvgIpc) is 2.75. The van der Waals surface area contributed by atoms with Crippen LogP contribution in [-0.4, -0.2) is 20.8 Å². The van der Waals surface area contributed by atoms with Crippen molar-refractivity contribution in [3.05, 3.63) is 42.4 Å². The van der Waals surface area contributed by atoms with E-state index in [4.69, 9.17) is 0 Å². The number of urea groups is 1. The molecule has 0 radical (unpaired) electrons. The lowest BCUT2D eigenvalue weighted by Gasteiger charge is -2.13. The molecule has 0 aliphatic rings. The zero-order chi connectivity index (χ0) is 13.0. The number of hydrogen-bond donors (Lipinski definition) is 2. The molecule has 0 bridgehead atoms. The fourth-order valence-electron chi connectivity index (χ4n) is 1.57. The van der Waals surface area contributed by atoms with Gasteiger partial charge in [0.1, 0.15) is 0 Å². The summed E-state index contributed by atoms with van der Waals surface area (Å²) in [6, 6.07) is 5.10. The molecule has 2 aromatic rings. The standard InChI is InChI=1S/C12H15N5O/c1-9(10-3-6-13-7-4-10)14-12(18)15-11-5-8-17(2)16-11/h3-9H,1-2H3,(H2,14,15,16,18). The van der Waals surface area contributed by atoms with Gasteiger partial charge in [-0.15, -0.1) is 0 Å². The fourth-order valence-corrected chi connectivity index (χ4v) is 1.57. The Balaban J connectivity index is 1.92. The predicted octanol–water partition coefficient (Wildman–Crippen LogP) is 1.70. The molecular formula is C12H15N5O. The number of carbonyl (C=O) groups is 1. The number of anilines is 1. The van der Waals surface area contributed by atoms with Crippen LogP contribution in [0, 0.1) is 0 Å². The lowest BCUT2D eigenvalue weighted by atomic mass is 10.1. The Labute approximate surface area is 105 Å². The second kappa shape index (κ2) is 5.31. The molecule has 2 amide bonds. The fraction of sp³-hybridized carbons (Fsp3) is 0.250. The Morgan fingerprint density at radius 3 is 2.67 bits per heavy atom. The Hall–Kier alpha value is -2.37. The third-order valence-electron chi connectivity index (χ3n) is 2.51. The van der Waals surface area contributed by atoms with Crippen molar-refractivity contribution in [3.8, 4) is 0 Å². The van der Waals surface area contributed by atoms with Crippen molar-refractivity contribution in [2.24, 2.45) is 7.05 Å². The number of aryl methyl sites for hydroxylation is 1. The number of nitrogens with zero attached hydrogens (tertiary/aromatic N) is 3. The topological polar surface area (TPSA) is 71.8 Å². The van der Waals surface area contributed by atoms with Crippen molar-refractivity contribution in [1.29, 1.82) is 0 Å². The molecule has 94 valence electrons. The molecule has 1 atom stereocenters. The quantitative estimate of drug-likeness (QED) is 0.864. The van der Waals surface area contributed by atoms with Gasteiger partial charge < -0.3 is 5.32 Å². The molecule has 0 aliphatic carbocycles. The highest BCUT2D eigenvalue weighted by Crippen LogP contribution is 2.10. The van der Waals surface area contributed by atoms with Crippen LogP contribution < -0.4 is 10.6 Å². The molecule has 0 saturated carbocycles. The van der Waals surface area contributed by atoms with Crippen molar-refractivity contribution in [2.45, 2.75) is 13.0 Å². The lowest BCUT2D eigenvalue weighted by Crippen LogP contribution is -2.31. The van der Waals surface area contributed by atoms with Gasteiger partial charge in [0.05, 0.1) is 6.04 Å². The lowest BCUT2D eigenvalue weighted by molar-refractivity contribution is 0.249. The number of pyridine rings is 1. The molecule has 0 fully saturated rings. The first-order valence-corrected chi connectivity index (χ1v) is 5.62. The second-order valence-electron chi connectivity index (χ2n) is 3.98. The Bertz CT molecular complexity index is 522. The van der Waals surface area contributed by atoms with Gasteiger partial charge in [-0.2, -0.15) is 5.10 Å². The molecule has 0 spiro atoms. The third kappa shape index (κ3) is 3.07. The summed E-state index contributed by atoms with van der Waals surface area (Å²) in [6.07, 6.45) is 5.16. The van der Waals surface area contributed by atoms with Gasteiger partial charge in [-0.1, -0.05) is 0 Å². The first-order valence-electron chi connectivity index (χ1n) is 5.62. The molecule has 1 unspecified atom stereocenters. The molecule has 2 rings (SSSR count). The summed E-state index contributed by atoms with van der Waals surface area (Å²) in [5, 5.41) is 9.56. The van der Waals surface area contributed by atoms with Gasteiger partial charge in [-0.3, -0.25) is 15.0 Å². The van der Waals surface area contributed by atoms with E-state index in [-0.39, 0.29) is 12.1 Å². The van der Waals surface area contributed by atoms with Gasteiger partial charge in [-0.05, 0) is 24.6 Å². The molecule has 2 heterocycles. The molecule has 18 heavy (non-hydrogen) atoms. The predicted molar refractivity (Wildman–Crippen MR) is 68.0 cm³/mol. The number of amides is 2. The van der Waals surface area contributed by atoms with Crippen LogP contribution in [0.5, 0.6) is 0 Å². The molecule has 0 saturated heterocycles. The smallest absolute Gasteiger partial charge is 0.320 e. The average molecular weight is 245 g/mol. The number of rotatable bonds is 3. The Kier molecular flexibility index (Phi) is 3.57. The van der Waals surface area contributed by atoms with Crippen LogP contribution >= 0.6 is 0 Å². The minimum absolute atomic E-state index is 0.0864. The van der Waals surface area contributed by atoms with Gasteiger partial charge >= 0.3 is 6.03 Å². The van der Waals surface area contributed by atoms with Crippen LogP contribution in [-0.2, 0) is 7.05 Å². The maximum atomic E-state index is 11.7. The number of nitrogens with one attached hydrogen (secondary N) is 2. The molecule has 0 aliphatic heterocycles. The first-order chi connectivity index (χ1) is 8.65. The summed E-state index contributed by atoms with van der Waals surface area (Å²) in [6.45, 7) is 1.91. The minimum atomic E-state index is -0.280. The van der Waals surface area contributed by atoms with E-state index in [0.29, 0.717) is 5.82 Å². The number of carbonyl (C=O) groups excluding carboxylic acids is 1. The summed E-state index contributed by atoms with van der Waals surface area (Å²) in [7, 11) is 1.79. The Morgan fingerprint density at radius 1 is 1.33 bits per heavy atom. The van der Waals surface area contributed by atoms with Gasteiger partial charge in [-0.25, -0.2) is 4.79 Å². The van der Waals surface area contributed by atoms with Crippen LogP contribution in [0.3, 0.4) is 0 Å². The molecule has 2 N–H and O–H groups in total. The van der Waals surface area contributed by atoms with E-state index in [1.807, 2.05) is 19.1 Å². The van der Waals surface area contributed by atoms with E-state index in [2.05, 4.69) is 20.7 Å². The minimum Gasteiger partial charge on any atom is -0.331 e. The monoisotopic (exact) mass is 245 g/mol. The zero-order valence-electron chi connectivity index (χ0n) is 10.3. The maximum absolute atomic E-state index is 11.7. The van der Waals surface area contributed by atoms with Crippen LogP contribution in [0.2, 0.25) is 0 Å². The van der Waals surface area contributed by atoms with Crippen molar-refractivity contribution < 1.29 is 4.79 Å². The SMILES string of the molecule is CC(NC(=O)Nc1ccn(C)n1)c1ccncc1. The molecule has 6 nitrogen and oxygen atoms in total. The molecule has 6 heteroatoms. The second-order valence-corrected chi connectivity index (χ2v) is 3.98. The molecule has 2 aromatic heterocycles. The summed E-state index contributed by atoms with van der Waals surface area (Å²) >= 11 is 0. The summed E-state index contributed by atoms with van der Waals surface area (Å²) in [5.74, 6) is 0.525. The Morgan fingerprint density at radius 2 is 2.06 bits per heavy atom. The van der Waals surface area contributed by atoms with Gasteiger partial charge in [0.2, 0.25) is 0 Å². The highest BCUT2D eigenvalue weighted by molar-refractivity contribution is 5.88. The van der Waals surface area contributed by atoms with E-state index >= 15 is 0 Å². The highest BCUT2D eigenvalue weighted by Gasteiger charge is 2.09. The van der Waals surface area contributed by atoms with E-state index < -0.39 is 0 Å². The van der Waals surface area contributed by atoms with Crippen LogP contribution in [0.1, 0.15) is 18.5 Å².